The first-order valence-corrected chi connectivity index (χ1v) is 7.38. The van der Waals surface area contributed by atoms with Crippen molar-refractivity contribution in [1.29, 1.82) is 0 Å². The number of benzene rings is 1. The molecule has 2 rings (SSSR count). The summed E-state index contributed by atoms with van der Waals surface area (Å²) >= 11 is 6.04. The molecule has 0 amide bonds. The Hall–Kier alpha value is -0.730. The molecule has 106 valence electrons. The molecule has 1 aliphatic carbocycles. The minimum absolute atomic E-state index is 0.140. The molecule has 1 N–H and O–H groups in total. The van der Waals surface area contributed by atoms with Gasteiger partial charge in [-0.25, -0.2) is 0 Å². The lowest BCUT2D eigenvalue weighted by Crippen LogP contribution is -2.35. The Labute approximate surface area is 121 Å². The third-order valence-corrected chi connectivity index (χ3v) is 3.70. The van der Waals surface area contributed by atoms with Gasteiger partial charge >= 0.3 is 0 Å². The van der Waals surface area contributed by atoms with Crippen LogP contribution < -0.4 is 10.1 Å². The van der Waals surface area contributed by atoms with Gasteiger partial charge in [0.15, 0.2) is 0 Å². The lowest BCUT2D eigenvalue weighted by molar-refractivity contribution is 0.174. The summed E-state index contributed by atoms with van der Waals surface area (Å²) in [6.07, 6.45) is 2.65. The van der Waals surface area contributed by atoms with Crippen molar-refractivity contribution in [1.82, 2.24) is 5.32 Å². The van der Waals surface area contributed by atoms with Crippen LogP contribution in [0.25, 0.3) is 0 Å². The molecule has 2 nitrogen and oxygen atoms in total. The quantitative estimate of drug-likeness (QED) is 0.847. The zero-order valence-corrected chi connectivity index (χ0v) is 13.1. The topological polar surface area (TPSA) is 21.3 Å². The number of nitrogens with one attached hydrogen (secondary N) is 1. The molecule has 0 spiro atoms. The Kier molecular flexibility index (Phi) is 4.42. The van der Waals surface area contributed by atoms with E-state index in [1.165, 1.54) is 12.8 Å². The van der Waals surface area contributed by atoms with E-state index in [4.69, 9.17) is 16.3 Å². The summed E-state index contributed by atoms with van der Waals surface area (Å²) < 4.78 is 6.04. The molecule has 0 unspecified atom stereocenters. The summed E-state index contributed by atoms with van der Waals surface area (Å²) in [4.78, 5) is 0. The number of hydrogen-bond acceptors (Lipinski definition) is 2. The van der Waals surface area contributed by atoms with Gasteiger partial charge in [0.2, 0.25) is 0 Å². The lowest BCUT2D eigenvalue weighted by atomic mass is 9.94. The van der Waals surface area contributed by atoms with Crippen molar-refractivity contribution in [3.8, 4) is 5.75 Å². The summed E-state index contributed by atoms with van der Waals surface area (Å²) in [7, 11) is 0. The number of rotatable bonds is 6. The van der Waals surface area contributed by atoms with Crippen molar-refractivity contribution in [2.24, 2.45) is 5.41 Å². The molecule has 0 atom stereocenters. The molecule has 1 aliphatic rings. The standard InChI is InChI=1S/C16H24ClNO/c1-11-7-13(17)8-12(2)15(11)19-10-16(3,4)9-18-14-5-6-14/h7-8,14,18H,5-6,9-10H2,1-4H3. The molecule has 0 radical (unpaired) electrons. The van der Waals surface area contributed by atoms with Crippen LogP contribution in [0.3, 0.4) is 0 Å². The van der Waals surface area contributed by atoms with Gasteiger partial charge in [-0.2, -0.15) is 0 Å². The van der Waals surface area contributed by atoms with Crippen LogP contribution in [0.5, 0.6) is 5.75 Å². The van der Waals surface area contributed by atoms with E-state index in [-0.39, 0.29) is 5.41 Å². The Morgan fingerprint density at radius 1 is 1.26 bits per heavy atom. The fraction of sp³-hybridized carbons (Fsp3) is 0.625. The number of ether oxygens (including phenoxy) is 1. The van der Waals surface area contributed by atoms with E-state index in [0.717, 1.165) is 41.1 Å². The second-order valence-electron chi connectivity index (χ2n) is 6.48. The van der Waals surface area contributed by atoms with Crippen LogP contribution in [0.4, 0.5) is 0 Å². The SMILES string of the molecule is Cc1cc(Cl)cc(C)c1OCC(C)(C)CNC1CC1. The molecule has 1 saturated carbocycles. The molecular weight excluding hydrogens is 258 g/mol. The average molecular weight is 282 g/mol. The van der Waals surface area contributed by atoms with Gasteiger partial charge in [-0.1, -0.05) is 25.4 Å². The maximum absolute atomic E-state index is 6.04. The molecule has 3 heteroatoms. The van der Waals surface area contributed by atoms with Gasteiger partial charge in [-0.15, -0.1) is 0 Å². The maximum Gasteiger partial charge on any atom is 0.125 e. The highest BCUT2D eigenvalue weighted by Crippen LogP contribution is 2.29. The molecule has 1 fully saturated rings. The zero-order valence-electron chi connectivity index (χ0n) is 12.3. The molecule has 0 bridgehead atoms. The monoisotopic (exact) mass is 281 g/mol. The second-order valence-corrected chi connectivity index (χ2v) is 6.91. The van der Waals surface area contributed by atoms with Crippen LogP contribution in [-0.2, 0) is 0 Å². The lowest BCUT2D eigenvalue weighted by Gasteiger charge is -2.26. The molecule has 0 aliphatic heterocycles. The van der Waals surface area contributed by atoms with Gasteiger partial charge in [-0.05, 0) is 49.9 Å². The highest BCUT2D eigenvalue weighted by atomic mass is 35.5. The molecule has 19 heavy (non-hydrogen) atoms. The fourth-order valence-corrected chi connectivity index (χ4v) is 2.48. The van der Waals surface area contributed by atoms with Crippen LogP contribution in [0, 0.1) is 19.3 Å². The number of aryl methyl sites for hydroxylation is 2. The van der Waals surface area contributed by atoms with Crippen molar-refractivity contribution in [3.63, 3.8) is 0 Å². The van der Waals surface area contributed by atoms with E-state index in [1.54, 1.807) is 0 Å². The summed E-state index contributed by atoms with van der Waals surface area (Å²) in [6.45, 7) is 10.3. The van der Waals surface area contributed by atoms with Gasteiger partial charge in [0, 0.05) is 23.0 Å². The summed E-state index contributed by atoms with van der Waals surface area (Å²) in [6, 6.07) is 4.66. The van der Waals surface area contributed by atoms with Gasteiger partial charge < -0.3 is 10.1 Å². The van der Waals surface area contributed by atoms with Crippen molar-refractivity contribution >= 4 is 11.6 Å². The largest absolute Gasteiger partial charge is 0.492 e. The van der Waals surface area contributed by atoms with Gasteiger partial charge in [0.05, 0.1) is 6.61 Å². The maximum atomic E-state index is 6.04. The van der Waals surface area contributed by atoms with Crippen LogP contribution in [0.15, 0.2) is 12.1 Å². The van der Waals surface area contributed by atoms with Gasteiger partial charge in [0.1, 0.15) is 5.75 Å². The first kappa shape index (κ1) is 14.7. The Balaban J connectivity index is 1.93. The van der Waals surface area contributed by atoms with E-state index >= 15 is 0 Å². The van der Waals surface area contributed by atoms with E-state index < -0.39 is 0 Å². The van der Waals surface area contributed by atoms with Crippen LogP contribution in [-0.4, -0.2) is 19.2 Å². The van der Waals surface area contributed by atoms with E-state index in [2.05, 4.69) is 19.2 Å². The predicted octanol–water partition coefficient (Wildman–Crippen LogP) is 4.11. The van der Waals surface area contributed by atoms with Crippen molar-refractivity contribution in [2.75, 3.05) is 13.2 Å². The summed E-state index contributed by atoms with van der Waals surface area (Å²) in [5.41, 5.74) is 2.35. The number of hydrogen-bond donors (Lipinski definition) is 1. The average Bonchev–Trinajstić information content (AvgIpc) is 3.08. The fourth-order valence-electron chi connectivity index (χ4n) is 2.15. The Morgan fingerprint density at radius 3 is 2.37 bits per heavy atom. The predicted molar refractivity (Wildman–Crippen MR) is 81.2 cm³/mol. The minimum atomic E-state index is 0.140. The van der Waals surface area contributed by atoms with Crippen LogP contribution in [0.2, 0.25) is 5.02 Å². The van der Waals surface area contributed by atoms with E-state index in [9.17, 15) is 0 Å². The Bertz CT molecular complexity index is 429. The second kappa shape index (κ2) is 5.72. The molecule has 0 saturated heterocycles. The van der Waals surface area contributed by atoms with E-state index in [1.807, 2.05) is 26.0 Å². The summed E-state index contributed by atoms with van der Waals surface area (Å²) in [5.74, 6) is 0.976. The first-order chi connectivity index (χ1) is 8.87. The van der Waals surface area contributed by atoms with Gasteiger partial charge in [-0.3, -0.25) is 0 Å². The normalized spacial score (nSPS) is 15.6. The zero-order chi connectivity index (χ0) is 14.0. The number of halogens is 1. The van der Waals surface area contributed by atoms with Gasteiger partial charge in [0.25, 0.3) is 0 Å². The highest BCUT2D eigenvalue weighted by Gasteiger charge is 2.26. The molecule has 0 aromatic heterocycles. The third-order valence-electron chi connectivity index (χ3n) is 3.48. The third kappa shape index (κ3) is 4.39. The minimum Gasteiger partial charge on any atom is -0.492 e. The Morgan fingerprint density at radius 2 is 1.84 bits per heavy atom. The molecular formula is C16H24ClNO. The smallest absolute Gasteiger partial charge is 0.125 e. The van der Waals surface area contributed by atoms with Crippen LogP contribution >= 0.6 is 11.6 Å². The molecule has 0 heterocycles. The van der Waals surface area contributed by atoms with Crippen molar-refractivity contribution in [2.45, 2.75) is 46.6 Å². The van der Waals surface area contributed by atoms with Crippen LogP contribution in [0.1, 0.15) is 37.8 Å². The first-order valence-electron chi connectivity index (χ1n) is 7.00. The molecule has 1 aromatic carbocycles. The van der Waals surface area contributed by atoms with Crippen molar-refractivity contribution in [3.05, 3.63) is 28.3 Å². The van der Waals surface area contributed by atoms with E-state index in [0.29, 0.717) is 0 Å². The molecule has 1 aromatic rings. The van der Waals surface area contributed by atoms with Crippen molar-refractivity contribution < 1.29 is 4.74 Å². The summed E-state index contributed by atoms with van der Waals surface area (Å²) in [5, 5.41) is 4.35. The highest BCUT2D eigenvalue weighted by molar-refractivity contribution is 6.30.